The van der Waals surface area contributed by atoms with Crippen LogP contribution in [-0.4, -0.2) is 31.1 Å². The van der Waals surface area contributed by atoms with E-state index in [1.54, 1.807) is 0 Å². The minimum Gasteiger partial charge on any atom is -0.330 e. The smallest absolute Gasteiger partial charge is 0.00498 e. The van der Waals surface area contributed by atoms with Gasteiger partial charge in [-0.3, -0.25) is 0 Å². The van der Waals surface area contributed by atoms with Gasteiger partial charge in [0.05, 0.1) is 0 Å². The Morgan fingerprint density at radius 2 is 1.53 bits per heavy atom. The van der Waals surface area contributed by atoms with Crippen LogP contribution < -0.4 is 5.73 Å². The van der Waals surface area contributed by atoms with Crippen molar-refractivity contribution in [3.05, 3.63) is 0 Å². The molecule has 2 nitrogen and oxygen atoms in total. The first kappa shape index (κ1) is 13.0. The summed E-state index contributed by atoms with van der Waals surface area (Å²) in [6, 6.07) is 0. The van der Waals surface area contributed by atoms with Crippen molar-refractivity contribution in [3.8, 4) is 0 Å². The molecule has 0 bridgehead atoms. The molecular weight excluding hydrogens is 184 g/mol. The maximum atomic E-state index is 6.04. The van der Waals surface area contributed by atoms with Gasteiger partial charge < -0.3 is 10.6 Å². The minimum atomic E-state index is 0.433. The number of hydrogen-bond donors (Lipinski definition) is 1. The van der Waals surface area contributed by atoms with E-state index in [2.05, 4.69) is 18.7 Å². The Morgan fingerprint density at radius 1 is 1.00 bits per heavy atom. The van der Waals surface area contributed by atoms with Gasteiger partial charge >= 0.3 is 0 Å². The topological polar surface area (TPSA) is 29.3 Å². The Labute approximate surface area is 95.2 Å². The van der Waals surface area contributed by atoms with Crippen LogP contribution in [0.4, 0.5) is 0 Å². The molecule has 1 fully saturated rings. The summed E-state index contributed by atoms with van der Waals surface area (Å²) >= 11 is 0. The van der Waals surface area contributed by atoms with Crippen molar-refractivity contribution < 1.29 is 0 Å². The molecule has 0 spiro atoms. The number of nitrogens with two attached hydrogens (primary N) is 1. The molecule has 0 aromatic heterocycles. The Balaban J connectivity index is 2.56. The van der Waals surface area contributed by atoms with E-state index in [1.165, 1.54) is 45.1 Å². The molecule has 0 aromatic carbocycles. The largest absolute Gasteiger partial charge is 0.330 e. The fourth-order valence-corrected chi connectivity index (χ4v) is 2.83. The normalized spacial score (nSPS) is 21.6. The van der Waals surface area contributed by atoms with Crippen molar-refractivity contribution in [2.45, 2.75) is 52.4 Å². The highest BCUT2D eigenvalue weighted by atomic mass is 15.1. The molecule has 1 saturated carbocycles. The van der Waals surface area contributed by atoms with Gasteiger partial charge in [-0.1, -0.05) is 39.5 Å². The van der Waals surface area contributed by atoms with E-state index in [0.29, 0.717) is 5.41 Å². The minimum absolute atomic E-state index is 0.433. The lowest BCUT2D eigenvalue weighted by atomic mass is 9.80. The highest BCUT2D eigenvalue weighted by Gasteiger charge is 2.30. The van der Waals surface area contributed by atoms with Gasteiger partial charge in [-0.15, -0.1) is 0 Å². The lowest BCUT2D eigenvalue weighted by Gasteiger charge is -2.36. The molecular formula is C13H28N2. The molecule has 1 rings (SSSR count). The molecule has 15 heavy (non-hydrogen) atoms. The van der Waals surface area contributed by atoms with Gasteiger partial charge in [0.25, 0.3) is 0 Å². The summed E-state index contributed by atoms with van der Waals surface area (Å²) in [5, 5.41) is 0. The van der Waals surface area contributed by atoms with Crippen LogP contribution in [0.1, 0.15) is 52.4 Å². The van der Waals surface area contributed by atoms with Crippen LogP contribution >= 0.6 is 0 Å². The lowest BCUT2D eigenvalue weighted by molar-refractivity contribution is 0.145. The van der Waals surface area contributed by atoms with Crippen LogP contribution in [0.5, 0.6) is 0 Å². The van der Waals surface area contributed by atoms with Crippen molar-refractivity contribution in [1.82, 2.24) is 4.90 Å². The molecule has 0 heterocycles. The van der Waals surface area contributed by atoms with E-state index >= 15 is 0 Å². The summed E-state index contributed by atoms with van der Waals surface area (Å²) in [5.41, 5.74) is 6.47. The molecule has 90 valence electrons. The molecule has 2 N–H and O–H groups in total. The van der Waals surface area contributed by atoms with Gasteiger partial charge in [0.15, 0.2) is 0 Å². The molecule has 1 aliphatic carbocycles. The van der Waals surface area contributed by atoms with Crippen LogP contribution in [0.3, 0.4) is 0 Å². The van der Waals surface area contributed by atoms with Crippen LogP contribution in [0, 0.1) is 5.41 Å². The highest BCUT2D eigenvalue weighted by Crippen LogP contribution is 2.34. The summed E-state index contributed by atoms with van der Waals surface area (Å²) in [6.07, 6.45) is 8.30. The van der Waals surface area contributed by atoms with Crippen molar-refractivity contribution in [3.63, 3.8) is 0 Å². The third kappa shape index (κ3) is 3.76. The summed E-state index contributed by atoms with van der Waals surface area (Å²) < 4.78 is 0. The number of rotatable bonds is 5. The van der Waals surface area contributed by atoms with Crippen molar-refractivity contribution in [2.24, 2.45) is 11.1 Å². The second kappa shape index (κ2) is 6.49. The van der Waals surface area contributed by atoms with Crippen molar-refractivity contribution in [2.75, 3.05) is 26.2 Å². The average molecular weight is 212 g/mol. The van der Waals surface area contributed by atoms with Crippen molar-refractivity contribution in [1.29, 1.82) is 0 Å². The van der Waals surface area contributed by atoms with Crippen LogP contribution in [0.15, 0.2) is 0 Å². The predicted molar refractivity (Wildman–Crippen MR) is 67.0 cm³/mol. The third-order valence-corrected chi connectivity index (χ3v) is 4.05. The van der Waals surface area contributed by atoms with E-state index < -0.39 is 0 Å². The van der Waals surface area contributed by atoms with Gasteiger partial charge in [-0.25, -0.2) is 0 Å². The van der Waals surface area contributed by atoms with Crippen LogP contribution in [0.25, 0.3) is 0 Å². The molecule has 1 aliphatic rings. The maximum Gasteiger partial charge on any atom is 0.00498 e. The molecule has 0 atom stereocenters. The zero-order valence-electron chi connectivity index (χ0n) is 10.6. The Morgan fingerprint density at radius 3 is 1.93 bits per heavy atom. The fourth-order valence-electron chi connectivity index (χ4n) is 2.83. The SMILES string of the molecule is CCN(CC)CC1(CN)CCCCCC1. The van der Waals surface area contributed by atoms with Gasteiger partial charge in [-0.2, -0.15) is 0 Å². The van der Waals surface area contributed by atoms with Crippen molar-refractivity contribution >= 4 is 0 Å². The molecule has 0 aliphatic heterocycles. The standard InChI is InChI=1S/C13H28N2/c1-3-15(4-2)12-13(11-14)9-7-5-6-8-10-13/h3-12,14H2,1-2H3. The highest BCUT2D eigenvalue weighted by molar-refractivity contribution is 4.85. The van der Waals surface area contributed by atoms with Gasteiger partial charge in [0.2, 0.25) is 0 Å². The third-order valence-electron chi connectivity index (χ3n) is 4.05. The Bertz CT molecular complexity index is 156. The maximum absolute atomic E-state index is 6.04. The van der Waals surface area contributed by atoms with Gasteiger partial charge in [0.1, 0.15) is 0 Å². The molecule has 2 heteroatoms. The second-order valence-electron chi connectivity index (χ2n) is 5.08. The zero-order chi connectivity index (χ0) is 11.1. The van der Waals surface area contributed by atoms with Gasteiger partial charge in [-0.05, 0) is 37.9 Å². The van der Waals surface area contributed by atoms with Crippen LogP contribution in [-0.2, 0) is 0 Å². The summed E-state index contributed by atoms with van der Waals surface area (Å²) in [6.45, 7) is 8.94. The molecule has 0 saturated heterocycles. The number of nitrogens with zero attached hydrogens (tertiary/aromatic N) is 1. The first-order valence-electron chi connectivity index (χ1n) is 6.69. The first-order valence-corrected chi connectivity index (χ1v) is 6.69. The molecule has 0 radical (unpaired) electrons. The van der Waals surface area contributed by atoms with E-state index in [-0.39, 0.29) is 0 Å². The summed E-state index contributed by atoms with van der Waals surface area (Å²) in [7, 11) is 0. The second-order valence-corrected chi connectivity index (χ2v) is 5.08. The van der Waals surface area contributed by atoms with Gasteiger partial charge in [0, 0.05) is 6.54 Å². The molecule has 0 amide bonds. The quantitative estimate of drug-likeness (QED) is 0.710. The monoisotopic (exact) mass is 212 g/mol. The van der Waals surface area contributed by atoms with E-state index in [9.17, 15) is 0 Å². The molecule has 0 aromatic rings. The van der Waals surface area contributed by atoms with E-state index in [1.807, 2.05) is 0 Å². The average Bonchev–Trinajstić information content (AvgIpc) is 2.52. The molecule has 0 unspecified atom stereocenters. The van der Waals surface area contributed by atoms with E-state index in [0.717, 1.165) is 19.6 Å². The van der Waals surface area contributed by atoms with Crippen LogP contribution in [0.2, 0.25) is 0 Å². The van der Waals surface area contributed by atoms with E-state index in [4.69, 9.17) is 5.73 Å². The Hall–Kier alpha value is -0.0800. The lowest BCUT2D eigenvalue weighted by Crippen LogP contribution is -2.42. The fraction of sp³-hybridized carbons (Fsp3) is 1.00. The Kier molecular flexibility index (Phi) is 5.62. The summed E-state index contributed by atoms with van der Waals surface area (Å²) in [4.78, 5) is 2.54. The zero-order valence-corrected chi connectivity index (χ0v) is 10.6. The number of hydrogen-bond acceptors (Lipinski definition) is 2. The first-order chi connectivity index (χ1) is 7.26. The predicted octanol–water partition coefficient (Wildman–Crippen LogP) is 2.63. The summed E-state index contributed by atoms with van der Waals surface area (Å²) in [5.74, 6) is 0.